The fourth-order valence-corrected chi connectivity index (χ4v) is 3.05. The van der Waals surface area contributed by atoms with Crippen molar-refractivity contribution in [3.8, 4) is 0 Å². The van der Waals surface area contributed by atoms with E-state index in [1.165, 1.54) is 10.9 Å². The summed E-state index contributed by atoms with van der Waals surface area (Å²) in [6.07, 6.45) is 3.92. The first kappa shape index (κ1) is 18.6. The average molecular weight is 356 g/mol. The lowest BCUT2D eigenvalue weighted by Gasteiger charge is -2.13. The molecule has 1 fully saturated rings. The molecule has 1 aromatic carbocycles. The van der Waals surface area contributed by atoms with Crippen LogP contribution in [0.1, 0.15) is 18.4 Å². The molecule has 26 heavy (non-hydrogen) atoms. The number of rotatable bonds is 8. The number of nitrogens with one attached hydrogen (secondary N) is 2. The van der Waals surface area contributed by atoms with Gasteiger partial charge in [-0.15, -0.1) is 0 Å². The Morgan fingerprint density at radius 2 is 2.23 bits per heavy atom. The fourth-order valence-electron chi connectivity index (χ4n) is 3.05. The second-order valence-electron chi connectivity index (χ2n) is 6.50. The van der Waals surface area contributed by atoms with E-state index in [-0.39, 0.29) is 0 Å². The highest BCUT2D eigenvalue weighted by Gasteiger charge is 2.15. The van der Waals surface area contributed by atoms with E-state index in [4.69, 9.17) is 9.47 Å². The molecule has 1 aliphatic rings. The molecule has 1 aliphatic heterocycles. The second-order valence-corrected chi connectivity index (χ2v) is 6.50. The molecule has 1 atom stereocenters. The van der Waals surface area contributed by atoms with Crippen molar-refractivity contribution in [3.05, 3.63) is 42.1 Å². The third-order valence-corrected chi connectivity index (χ3v) is 4.54. The van der Waals surface area contributed by atoms with E-state index in [1.807, 2.05) is 30.5 Å². The van der Waals surface area contributed by atoms with E-state index >= 15 is 0 Å². The molecular formula is C20H28N4O2. The van der Waals surface area contributed by atoms with E-state index in [0.717, 1.165) is 57.3 Å². The zero-order valence-electron chi connectivity index (χ0n) is 15.4. The number of fused-ring (bicyclic) bond motifs is 1. The maximum Gasteiger partial charge on any atom is 0.191 e. The quantitative estimate of drug-likeness (QED) is 0.432. The number of ether oxygens (including phenoxy) is 2. The minimum absolute atomic E-state index is 0.576. The molecule has 1 saturated heterocycles. The van der Waals surface area contributed by atoms with Gasteiger partial charge in [0.05, 0.1) is 18.7 Å². The van der Waals surface area contributed by atoms with Crippen molar-refractivity contribution in [2.45, 2.75) is 19.4 Å². The van der Waals surface area contributed by atoms with Crippen molar-refractivity contribution in [1.82, 2.24) is 15.6 Å². The molecule has 0 aliphatic carbocycles. The monoisotopic (exact) mass is 356 g/mol. The number of nitrogens with zero attached hydrogens (tertiary/aromatic N) is 2. The zero-order valence-corrected chi connectivity index (χ0v) is 15.4. The lowest BCUT2D eigenvalue weighted by molar-refractivity contribution is 0.0888. The number of aliphatic imine (C=N–C) groups is 1. The van der Waals surface area contributed by atoms with Gasteiger partial charge in [0.1, 0.15) is 0 Å². The van der Waals surface area contributed by atoms with Crippen LogP contribution >= 0.6 is 0 Å². The summed E-state index contributed by atoms with van der Waals surface area (Å²) in [5.74, 6) is 1.38. The van der Waals surface area contributed by atoms with Crippen molar-refractivity contribution in [1.29, 1.82) is 0 Å². The summed E-state index contributed by atoms with van der Waals surface area (Å²) in [7, 11) is 1.79. The van der Waals surface area contributed by atoms with Crippen LogP contribution in [0.15, 0.2) is 41.5 Å². The third-order valence-electron chi connectivity index (χ3n) is 4.54. The normalized spacial score (nSPS) is 17.6. The Morgan fingerprint density at radius 3 is 3.08 bits per heavy atom. The first-order valence-corrected chi connectivity index (χ1v) is 9.29. The third kappa shape index (κ3) is 5.41. The summed E-state index contributed by atoms with van der Waals surface area (Å²) >= 11 is 0. The molecule has 0 amide bonds. The van der Waals surface area contributed by atoms with E-state index in [0.29, 0.717) is 12.5 Å². The summed E-state index contributed by atoms with van der Waals surface area (Å²) in [6, 6.07) is 10.2. The summed E-state index contributed by atoms with van der Waals surface area (Å²) in [4.78, 5) is 8.69. The van der Waals surface area contributed by atoms with Gasteiger partial charge in [0.2, 0.25) is 0 Å². The molecule has 0 saturated carbocycles. The molecule has 2 heterocycles. The van der Waals surface area contributed by atoms with Gasteiger partial charge in [0.25, 0.3) is 0 Å². The minimum atomic E-state index is 0.576. The summed E-state index contributed by atoms with van der Waals surface area (Å²) in [6.45, 7) is 4.83. The van der Waals surface area contributed by atoms with Crippen molar-refractivity contribution in [2.75, 3.05) is 40.0 Å². The SMILES string of the molecule is CN=C(NCCCOCC1CCOC1)NCc1ccnc2ccccc12. The molecule has 1 unspecified atom stereocenters. The van der Waals surface area contributed by atoms with E-state index in [2.05, 4.69) is 26.7 Å². The van der Waals surface area contributed by atoms with Crippen LogP contribution in [0, 0.1) is 5.92 Å². The highest BCUT2D eigenvalue weighted by Crippen LogP contribution is 2.15. The van der Waals surface area contributed by atoms with Crippen molar-refractivity contribution in [3.63, 3.8) is 0 Å². The lowest BCUT2D eigenvalue weighted by atomic mass is 10.1. The molecule has 0 bridgehead atoms. The molecule has 6 heteroatoms. The van der Waals surface area contributed by atoms with Crippen LogP contribution in [0.25, 0.3) is 10.9 Å². The maximum absolute atomic E-state index is 5.72. The highest BCUT2D eigenvalue weighted by molar-refractivity contribution is 5.83. The smallest absolute Gasteiger partial charge is 0.191 e. The van der Waals surface area contributed by atoms with Gasteiger partial charge in [-0.2, -0.15) is 0 Å². The van der Waals surface area contributed by atoms with Crippen LogP contribution < -0.4 is 10.6 Å². The summed E-state index contributed by atoms with van der Waals surface area (Å²) in [5.41, 5.74) is 2.22. The fraction of sp³-hybridized carbons (Fsp3) is 0.500. The van der Waals surface area contributed by atoms with Gasteiger partial charge in [0.15, 0.2) is 5.96 Å². The lowest BCUT2D eigenvalue weighted by Crippen LogP contribution is -2.37. The Hall–Kier alpha value is -2.18. The van der Waals surface area contributed by atoms with Crippen LogP contribution in [-0.2, 0) is 16.0 Å². The van der Waals surface area contributed by atoms with Gasteiger partial charge in [-0.25, -0.2) is 0 Å². The Bertz CT molecular complexity index is 709. The number of hydrogen-bond acceptors (Lipinski definition) is 4. The Balaban J connectivity index is 1.36. The zero-order chi connectivity index (χ0) is 18.0. The molecule has 2 N–H and O–H groups in total. The van der Waals surface area contributed by atoms with Gasteiger partial charge < -0.3 is 20.1 Å². The standard InChI is InChI=1S/C20H28N4O2/c1-21-20(23-9-4-11-25-14-16-8-12-26-15-16)24-13-17-7-10-22-19-6-3-2-5-18(17)19/h2-3,5-7,10,16H,4,8-9,11-15H2,1H3,(H2,21,23,24). The van der Waals surface area contributed by atoms with Gasteiger partial charge in [-0.3, -0.25) is 9.98 Å². The molecule has 140 valence electrons. The number of hydrogen-bond donors (Lipinski definition) is 2. The van der Waals surface area contributed by atoms with Gasteiger partial charge in [0, 0.05) is 50.9 Å². The first-order valence-electron chi connectivity index (χ1n) is 9.29. The number of pyridine rings is 1. The highest BCUT2D eigenvalue weighted by atomic mass is 16.5. The summed E-state index contributed by atoms with van der Waals surface area (Å²) in [5, 5.41) is 7.87. The Morgan fingerprint density at radius 1 is 1.31 bits per heavy atom. The molecule has 3 rings (SSSR count). The van der Waals surface area contributed by atoms with Gasteiger partial charge >= 0.3 is 0 Å². The maximum atomic E-state index is 5.72. The van der Waals surface area contributed by atoms with Crippen LogP contribution in [0.2, 0.25) is 0 Å². The van der Waals surface area contributed by atoms with Gasteiger partial charge in [-0.1, -0.05) is 18.2 Å². The molecule has 1 aromatic heterocycles. The topological polar surface area (TPSA) is 67.8 Å². The van der Waals surface area contributed by atoms with Crippen LogP contribution in [-0.4, -0.2) is 51.0 Å². The van der Waals surface area contributed by atoms with Crippen LogP contribution in [0.3, 0.4) is 0 Å². The molecule has 6 nitrogen and oxygen atoms in total. The molecule has 2 aromatic rings. The van der Waals surface area contributed by atoms with Crippen LogP contribution in [0.5, 0.6) is 0 Å². The predicted molar refractivity (Wildman–Crippen MR) is 104 cm³/mol. The number of para-hydroxylation sites is 1. The van der Waals surface area contributed by atoms with E-state index < -0.39 is 0 Å². The Labute approximate surface area is 155 Å². The minimum Gasteiger partial charge on any atom is -0.381 e. The number of benzene rings is 1. The van der Waals surface area contributed by atoms with Crippen molar-refractivity contribution >= 4 is 16.9 Å². The van der Waals surface area contributed by atoms with Crippen LogP contribution in [0.4, 0.5) is 0 Å². The summed E-state index contributed by atoms with van der Waals surface area (Å²) < 4.78 is 11.1. The molecule has 0 radical (unpaired) electrons. The number of aromatic nitrogens is 1. The first-order chi connectivity index (χ1) is 12.9. The average Bonchev–Trinajstić information content (AvgIpc) is 3.20. The second kappa shape index (κ2) is 10.1. The molecular weight excluding hydrogens is 328 g/mol. The van der Waals surface area contributed by atoms with Crippen molar-refractivity contribution in [2.24, 2.45) is 10.9 Å². The van der Waals surface area contributed by atoms with Crippen molar-refractivity contribution < 1.29 is 9.47 Å². The predicted octanol–water partition coefficient (Wildman–Crippen LogP) is 2.34. The Kier molecular flexibility index (Phi) is 7.22. The number of guanidine groups is 1. The van der Waals surface area contributed by atoms with E-state index in [9.17, 15) is 0 Å². The van der Waals surface area contributed by atoms with E-state index in [1.54, 1.807) is 7.05 Å². The largest absolute Gasteiger partial charge is 0.381 e. The van der Waals surface area contributed by atoms with Gasteiger partial charge in [-0.05, 0) is 30.5 Å². The molecule has 0 spiro atoms.